The molecule has 2 aromatic rings. The molecule has 3 saturated heterocycles. The number of morpholine rings is 2. The van der Waals surface area contributed by atoms with Gasteiger partial charge in [-0.2, -0.15) is 0 Å². The van der Waals surface area contributed by atoms with Crippen LogP contribution in [0.1, 0.15) is 12.5 Å². The Morgan fingerprint density at radius 1 is 0.853 bits per heavy atom. The number of benzene rings is 2. The molecule has 34 heavy (non-hydrogen) atoms. The third kappa shape index (κ3) is 5.14. The summed E-state index contributed by atoms with van der Waals surface area (Å²) in [6.45, 7) is 9.26. The highest BCUT2D eigenvalue weighted by Crippen LogP contribution is 2.34. The summed E-state index contributed by atoms with van der Waals surface area (Å²) in [5, 5.41) is 0.725. The fourth-order valence-corrected chi connectivity index (χ4v) is 5.36. The Bertz CT molecular complexity index is 1060. The summed E-state index contributed by atoms with van der Waals surface area (Å²) < 4.78 is 10.9. The van der Waals surface area contributed by atoms with Gasteiger partial charge in [0.15, 0.2) is 5.17 Å². The van der Waals surface area contributed by atoms with Crippen LogP contribution in [0.15, 0.2) is 58.4 Å². The maximum absolute atomic E-state index is 13.0. The number of nitrogens with zero attached hydrogens (tertiary/aromatic N) is 4. The molecule has 0 unspecified atom stereocenters. The van der Waals surface area contributed by atoms with Gasteiger partial charge in [0.2, 0.25) is 0 Å². The molecule has 0 aromatic heterocycles. The lowest BCUT2D eigenvalue weighted by Gasteiger charge is -2.28. The summed E-state index contributed by atoms with van der Waals surface area (Å²) in [4.78, 5) is 24.9. The molecule has 8 heteroatoms. The van der Waals surface area contributed by atoms with Crippen LogP contribution >= 0.6 is 11.8 Å². The quantitative estimate of drug-likeness (QED) is 0.606. The number of likely N-dealkylation sites (N-methyl/N-ethyl adjacent to an activating group) is 1. The van der Waals surface area contributed by atoms with Crippen LogP contribution in [-0.4, -0.2) is 75.1 Å². The minimum absolute atomic E-state index is 0.00782. The molecule has 0 N–H and O–H groups in total. The van der Waals surface area contributed by atoms with Crippen molar-refractivity contribution in [3.8, 4) is 0 Å². The van der Waals surface area contributed by atoms with E-state index in [1.807, 2.05) is 25.1 Å². The molecule has 5 rings (SSSR count). The molecule has 3 aliphatic rings. The predicted molar refractivity (Wildman–Crippen MR) is 139 cm³/mol. The van der Waals surface area contributed by atoms with Gasteiger partial charge in [-0.25, -0.2) is 4.99 Å². The number of amides is 1. The molecule has 0 aliphatic carbocycles. The third-order valence-electron chi connectivity index (χ3n) is 6.22. The fourth-order valence-electron chi connectivity index (χ4n) is 4.29. The second-order valence-electron chi connectivity index (χ2n) is 8.36. The SMILES string of the molecule is CCN1C(=O)/C(=C/c2ccc(N3CCOCC3)cc2)SC1=Nc1ccc(N2CCOCC2)cc1. The van der Waals surface area contributed by atoms with E-state index in [1.54, 1.807) is 4.90 Å². The normalized spacial score (nSPS) is 21.7. The second kappa shape index (κ2) is 10.6. The van der Waals surface area contributed by atoms with Gasteiger partial charge < -0.3 is 19.3 Å². The van der Waals surface area contributed by atoms with Gasteiger partial charge in [0.25, 0.3) is 5.91 Å². The van der Waals surface area contributed by atoms with Gasteiger partial charge in [-0.3, -0.25) is 9.69 Å². The van der Waals surface area contributed by atoms with Crippen molar-refractivity contribution in [1.82, 2.24) is 4.90 Å². The molecular weight excluding hydrogens is 448 g/mol. The number of carbonyl (C=O) groups is 1. The zero-order valence-corrected chi connectivity index (χ0v) is 20.3. The summed E-state index contributed by atoms with van der Waals surface area (Å²) in [6.07, 6.45) is 1.96. The van der Waals surface area contributed by atoms with E-state index in [0.717, 1.165) is 69.0 Å². The minimum Gasteiger partial charge on any atom is -0.378 e. The topological polar surface area (TPSA) is 57.6 Å². The first-order chi connectivity index (χ1) is 16.7. The highest BCUT2D eigenvalue weighted by atomic mass is 32.2. The number of hydrogen-bond donors (Lipinski definition) is 0. The summed E-state index contributed by atoms with van der Waals surface area (Å²) in [7, 11) is 0. The molecule has 3 heterocycles. The average Bonchev–Trinajstić information content (AvgIpc) is 3.19. The van der Waals surface area contributed by atoms with Gasteiger partial charge in [0.05, 0.1) is 37.0 Å². The molecule has 0 bridgehead atoms. The van der Waals surface area contributed by atoms with Crippen LogP contribution < -0.4 is 9.80 Å². The lowest BCUT2D eigenvalue weighted by Crippen LogP contribution is -2.36. The van der Waals surface area contributed by atoms with Crippen molar-refractivity contribution in [3.05, 3.63) is 59.0 Å². The highest BCUT2D eigenvalue weighted by Gasteiger charge is 2.32. The first kappa shape index (κ1) is 23.0. The van der Waals surface area contributed by atoms with Crippen molar-refractivity contribution >= 4 is 46.0 Å². The van der Waals surface area contributed by atoms with Gasteiger partial charge in [-0.1, -0.05) is 12.1 Å². The third-order valence-corrected chi connectivity index (χ3v) is 7.23. The van der Waals surface area contributed by atoms with Crippen molar-refractivity contribution in [2.24, 2.45) is 4.99 Å². The van der Waals surface area contributed by atoms with Crippen LogP contribution in [0.4, 0.5) is 17.1 Å². The molecule has 3 fully saturated rings. The summed E-state index contributed by atoms with van der Waals surface area (Å²) >= 11 is 1.44. The van der Waals surface area contributed by atoms with Crippen molar-refractivity contribution in [2.75, 3.05) is 69.0 Å². The molecule has 0 spiro atoms. The largest absolute Gasteiger partial charge is 0.378 e. The van der Waals surface area contributed by atoms with Crippen LogP contribution in [0.3, 0.4) is 0 Å². The molecule has 0 radical (unpaired) electrons. The monoisotopic (exact) mass is 478 g/mol. The molecular formula is C26H30N4O3S. The number of carbonyl (C=O) groups excluding carboxylic acids is 1. The Kier molecular flexibility index (Phi) is 7.18. The van der Waals surface area contributed by atoms with E-state index in [9.17, 15) is 4.79 Å². The van der Waals surface area contributed by atoms with Gasteiger partial charge in [-0.05, 0) is 66.7 Å². The zero-order valence-electron chi connectivity index (χ0n) is 19.5. The van der Waals surface area contributed by atoms with Gasteiger partial charge in [0.1, 0.15) is 0 Å². The highest BCUT2D eigenvalue weighted by molar-refractivity contribution is 8.18. The fraction of sp³-hybridized carbons (Fsp3) is 0.385. The number of anilines is 2. The predicted octanol–water partition coefficient (Wildman–Crippen LogP) is 3.98. The smallest absolute Gasteiger partial charge is 0.266 e. The van der Waals surface area contributed by atoms with Crippen LogP contribution in [0, 0.1) is 0 Å². The van der Waals surface area contributed by atoms with E-state index < -0.39 is 0 Å². The zero-order chi connectivity index (χ0) is 23.3. The Balaban J connectivity index is 1.30. The van der Waals surface area contributed by atoms with E-state index in [4.69, 9.17) is 14.5 Å². The van der Waals surface area contributed by atoms with Crippen LogP contribution in [-0.2, 0) is 14.3 Å². The van der Waals surface area contributed by atoms with Crippen LogP contribution in [0.25, 0.3) is 6.08 Å². The van der Waals surface area contributed by atoms with Crippen molar-refractivity contribution in [1.29, 1.82) is 0 Å². The van der Waals surface area contributed by atoms with E-state index in [0.29, 0.717) is 11.4 Å². The number of hydrogen-bond acceptors (Lipinski definition) is 7. The van der Waals surface area contributed by atoms with Gasteiger partial charge in [0, 0.05) is 44.1 Å². The lowest BCUT2D eigenvalue weighted by molar-refractivity contribution is -0.122. The number of thioether (sulfide) groups is 1. The van der Waals surface area contributed by atoms with Crippen molar-refractivity contribution in [2.45, 2.75) is 6.92 Å². The van der Waals surface area contributed by atoms with Crippen molar-refractivity contribution < 1.29 is 14.3 Å². The Morgan fingerprint density at radius 3 is 1.91 bits per heavy atom. The number of ether oxygens (including phenoxy) is 2. The molecule has 1 amide bonds. The Hall–Kier alpha value is -2.81. The average molecular weight is 479 g/mol. The van der Waals surface area contributed by atoms with E-state index in [-0.39, 0.29) is 5.91 Å². The molecule has 7 nitrogen and oxygen atoms in total. The maximum Gasteiger partial charge on any atom is 0.266 e. The van der Waals surface area contributed by atoms with E-state index >= 15 is 0 Å². The summed E-state index contributed by atoms with van der Waals surface area (Å²) in [5.41, 5.74) is 4.23. The van der Waals surface area contributed by atoms with Crippen LogP contribution in [0.5, 0.6) is 0 Å². The Morgan fingerprint density at radius 2 is 1.38 bits per heavy atom. The number of amidine groups is 1. The second-order valence-corrected chi connectivity index (χ2v) is 9.37. The molecule has 3 aliphatic heterocycles. The number of rotatable bonds is 5. The summed E-state index contributed by atoms with van der Waals surface area (Å²) in [6, 6.07) is 16.6. The maximum atomic E-state index is 13.0. The van der Waals surface area contributed by atoms with E-state index in [1.165, 1.54) is 23.1 Å². The number of aliphatic imine (C=N–C) groups is 1. The van der Waals surface area contributed by atoms with Gasteiger partial charge >= 0.3 is 0 Å². The standard InChI is InChI=1S/C26H30N4O3S/c1-2-30-25(31)24(19-20-3-7-22(8-4-20)28-11-15-32-16-12-28)34-26(30)27-21-5-9-23(10-6-21)29-13-17-33-18-14-29/h3-10,19H,2,11-18H2,1H3/b24-19-,27-26?. The minimum atomic E-state index is 0.00782. The van der Waals surface area contributed by atoms with Crippen LogP contribution in [0.2, 0.25) is 0 Å². The van der Waals surface area contributed by atoms with E-state index in [2.05, 4.69) is 46.2 Å². The van der Waals surface area contributed by atoms with Crippen molar-refractivity contribution in [3.63, 3.8) is 0 Å². The van der Waals surface area contributed by atoms with Gasteiger partial charge in [-0.15, -0.1) is 0 Å². The first-order valence-corrected chi connectivity index (χ1v) is 12.7. The lowest BCUT2D eigenvalue weighted by atomic mass is 10.1. The molecule has 0 atom stereocenters. The molecule has 2 aromatic carbocycles. The Labute approximate surface area is 205 Å². The first-order valence-electron chi connectivity index (χ1n) is 11.9. The molecule has 178 valence electrons. The molecule has 0 saturated carbocycles. The summed E-state index contributed by atoms with van der Waals surface area (Å²) in [5.74, 6) is 0.00782.